The van der Waals surface area contributed by atoms with E-state index in [0.29, 0.717) is 0 Å². The molecule has 3 saturated carbocycles. The molecule has 1 aromatic rings. The maximum atomic E-state index is 12.1. The van der Waals surface area contributed by atoms with Crippen LogP contribution in [-0.4, -0.2) is 34.9 Å². The fourth-order valence-electron chi connectivity index (χ4n) is 3.18. The topological polar surface area (TPSA) is 47.4 Å². The van der Waals surface area contributed by atoms with E-state index in [1.54, 1.807) is 13.2 Å². The third kappa shape index (κ3) is 1.34. The summed E-state index contributed by atoms with van der Waals surface area (Å²) in [7, 11) is 3.18. The maximum absolute atomic E-state index is 12.1. The fourth-order valence-corrected chi connectivity index (χ4v) is 3.47. The third-order valence-electron chi connectivity index (χ3n) is 4.05. The lowest BCUT2D eigenvalue weighted by molar-refractivity contribution is -0.234. The Bertz CT molecular complexity index is 465. The van der Waals surface area contributed by atoms with Gasteiger partial charge in [0.15, 0.2) is 0 Å². The lowest BCUT2D eigenvalue weighted by atomic mass is 9.39. The predicted octanol–water partition coefficient (Wildman–Crippen LogP) is 1.54. The number of aromatic nitrogens is 2. The van der Waals surface area contributed by atoms with Gasteiger partial charge < -0.3 is 0 Å². The summed E-state index contributed by atoms with van der Waals surface area (Å²) in [6.07, 6.45) is 6.39. The van der Waals surface area contributed by atoms with Gasteiger partial charge in [0, 0.05) is 13.2 Å². The van der Waals surface area contributed by atoms with Crippen LogP contribution in [0.1, 0.15) is 19.3 Å². The molecular weight excluding hydrogens is 286 g/mol. The zero-order valence-electron chi connectivity index (χ0n) is 9.81. The first-order valence-corrected chi connectivity index (χ1v) is 6.34. The Morgan fingerprint density at radius 3 is 2.71 bits per heavy atom. The molecule has 3 aliphatic rings. The number of halogens is 1. The minimum Gasteiger partial charge on any atom is -0.275 e. The normalized spacial score (nSPS) is 33.8. The quantitative estimate of drug-likeness (QED) is 0.796. The van der Waals surface area contributed by atoms with Crippen molar-refractivity contribution in [2.45, 2.75) is 24.8 Å². The average molecular weight is 300 g/mol. The third-order valence-corrected chi connectivity index (χ3v) is 4.46. The minimum absolute atomic E-state index is 0.0796. The van der Waals surface area contributed by atoms with Crippen LogP contribution in [0.2, 0.25) is 0 Å². The van der Waals surface area contributed by atoms with Gasteiger partial charge in [0.1, 0.15) is 0 Å². The summed E-state index contributed by atoms with van der Waals surface area (Å²) >= 11 is 3.39. The molecule has 0 unspecified atom stereocenters. The largest absolute Gasteiger partial charge is 0.275 e. The summed E-state index contributed by atoms with van der Waals surface area (Å²) in [4.78, 5) is 17.0. The van der Waals surface area contributed by atoms with Gasteiger partial charge in [-0.05, 0) is 35.2 Å². The van der Waals surface area contributed by atoms with Crippen LogP contribution in [0.3, 0.4) is 0 Å². The smallest absolute Gasteiger partial charge is 0.252 e. The summed E-state index contributed by atoms with van der Waals surface area (Å²) < 4.78 is 2.97. The molecule has 0 aromatic carbocycles. The number of hydroxylamine groups is 2. The van der Waals surface area contributed by atoms with E-state index in [2.05, 4.69) is 21.0 Å². The Balaban J connectivity index is 1.72. The number of carbonyl (C=O) groups excluding carboxylic acids is 1. The van der Waals surface area contributed by atoms with Crippen LogP contribution in [0, 0.1) is 5.41 Å². The van der Waals surface area contributed by atoms with Crippen molar-refractivity contribution >= 4 is 21.8 Å². The number of hydrogen-bond donors (Lipinski definition) is 0. The molecule has 0 aliphatic heterocycles. The van der Waals surface area contributed by atoms with Crippen molar-refractivity contribution in [3.8, 4) is 0 Å². The zero-order chi connectivity index (χ0) is 12.3. The highest BCUT2D eigenvalue weighted by molar-refractivity contribution is 9.10. The molecule has 6 heteroatoms. The van der Waals surface area contributed by atoms with E-state index in [0.717, 1.165) is 23.7 Å². The van der Waals surface area contributed by atoms with Crippen LogP contribution in [0.4, 0.5) is 0 Å². The van der Waals surface area contributed by atoms with Crippen molar-refractivity contribution in [3.05, 3.63) is 16.9 Å². The summed E-state index contributed by atoms with van der Waals surface area (Å²) in [6, 6.07) is 0. The van der Waals surface area contributed by atoms with E-state index in [4.69, 9.17) is 4.84 Å². The lowest BCUT2D eigenvalue weighted by Gasteiger charge is -2.68. The summed E-state index contributed by atoms with van der Waals surface area (Å²) in [6.45, 7) is 0. The summed E-state index contributed by atoms with van der Waals surface area (Å²) in [5.74, 6) is 0.0908. The molecule has 5 nitrogen and oxygen atoms in total. The average Bonchev–Trinajstić information content (AvgIpc) is 2.59. The van der Waals surface area contributed by atoms with Crippen molar-refractivity contribution in [1.29, 1.82) is 0 Å². The van der Waals surface area contributed by atoms with Crippen LogP contribution in [0.15, 0.2) is 16.9 Å². The monoisotopic (exact) mass is 299 g/mol. The molecule has 2 bridgehead atoms. The summed E-state index contributed by atoms with van der Waals surface area (Å²) in [5.41, 5.74) is -0.112. The van der Waals surface area contributed by atoms with E-state index < -0.39 is 0 Å². The Kier molecular flexibility index (Phi) is 2.19. The Morgan fingerprint density at radius 2 is 2.24 bits per heavy atom. The maximum Gasteiger partial charge on any atom is 0.252 e. The molecule has 0 radical (unpaired) electrons. The molecule has 1 aromatic heterocycles. The number of rotatable bonds is 3. The standard InChI is InChI=1S/C11H14BrN3O2/c1-14(17-2)9(16)10-5-11(6-10,7-10)15-4-8(12)3-13-15/h3-4H,5-7H2,1-2H3. The van der Waals surface area contributed by atoms with Gasteiger partial charge in [-0.3, -0.25) is 14.3 Å². The second-order valence-corrected chi connectivity index (χ2v) is 6.04. The van der Waals surface area contributed by atoms with Crippen LogP contribution in [0.5, 0.6) is 0 Å². The Labute approximate surface area is 108 Å². The molecule has 3 fully saturated rings. The number of hydrogen-bond acceptors (Lipinski definition) is 3. The van der Waals surface area contributed by atoms with Crippen molar-refractivity contribution in [2.24, 2.45) is 5.41 Å². The second kappa shape index (κ2) is 3.32. The molecule has 4 rings (SSSR count). The number of amides is 1. The van der Waals surface area contributed by atoms with Crippen molar-refractivity contribution < 1.29 is 9.63 Å². The molecule has 0 saturated heterocycles. The summed E-state index contributed by atoms with van der Waals surface area (Å²) in [5, 5.41) is 5.65. The number of nitrogens with zero attached hydrogens (tertiary/aromatic N) is 3. The van der Waals surface area contributed by atoms with Gasteiger partial charge in [-0.15, -0.1) is 0 Å². The SMILES string of the molecule is CON(C)C(=O)C12CC(n3cc(Br)cn3)(C1)C2. The first-order valence-electron chi connectivity index (χ1n) is 5.54. The molecule has 0 atom stereocenters. The van der Waals surface area contributed by atoms with E-state index in [1.165, 1.54) is 12.2 Å². The van der Waals surface area contributed by atoms with Gasteiger partial charge in [-0.25, -0.2) is 5.06 Å². The van der Waals surface area contributed by atoms with Gasteiger partial charge in [0.2, 0.25) is 0 Å². The molecule has 92 valence electrons. The molecule has 3 aliphatic carbocycles. The zero-order valence-corrected chi connectivity index (χ0v) is 11.4. The molecule has 0 spiro atoms. The van der Waals surface area contributed by atoms with Gasteiger partial charge in [-0.2, -0.15) is 5.10 Å². The highest BCUT2D eigenvalue weighted by Crippen LogP contribution is 2.71. The van der Waals surface area contributed by atoms with E-state index >= 15 is 0 Å². The Morgan fingerprint density at radius 1 is 1.59 bits per heavy atom. The minimum atomic E-state index is -0.191. The van der Waals surface area contributed by atoms with Crippen LogP contribution in [-0.2, 0) is 15.2 Å². The van der Waals surface area contributed by atoms with Gasteiger partial charge in [0.25, 0.3) is 5.91 Å². The first kappa shape index (κ1) is 11.2. The first-order chi connectivity index (χ1) is 8.01. The predicted molar refractivity (Wildman–Crippen MR) is 64.0 cm³/mol. The Hall–Kier alpha value is -0.880. The van der Waals surface area contributed by atoms with Gasteiger partial charge >= 0.3 is 0 Å². The lowest BCUT2D eigenvalue weighted by Crippen LogP contribution is -2.72. The van der Waals surface area contributed by atoms with E-state index in [9.17, 15) is 4.79 Å². The van der Waals surface area contributed by atoms with Crippen LogP contribution in [0.25, 0.3) is 0 Å². The molecular formula is C11H14BrN3O2. The van der Waals surface area contributed by atoms with Crippen LogP contribution >= 0.6 is 15.9 Å². The fraction of sp³-hybridized carbons (Fsp3) is 0.636. The van der Waals surface area contributed by atoms with E-state index in [1.807, 2.05) is 10.9 Å². The molecule has 1 amide bonds. The van der Waals surface area contributed by atoms with Crippen LogP contribution < -0.4 is 0 Å². The molecule has 17 heavy (non-hydrogen) atoms. The van der Waals surface area contributed by atoms with E-state index in [-0.39, 0.29) is 16.9 Å². The number of carbonyl (C=O) groups is 1. The molecule has 1 heterocycles. The second-order valence-electron chi connectivity index (χ2n) is 5.12. The highest BCUT2D eigenvalue weighted by atomic mass is 79.9. The van der Waals surface area contributed by atoms with Crippen molar-refractivity contribution in [1.82, 2.24) is 14.8 Å². The van der Waals surface area contributed by atoms with Gasteiger partial charge in [-0.1, -0.05) is 0 Å². The molecule has 0 N–H and O–H groups in total. The van der Waals surface area contributed by atoms with Crippen molar-refractivity contribution in [3.63, 3.8) is 0 Å². The highest BCUT2D eigenvalue weighted by Gasteiger charge is 2.73. The van der Waals surface area contributed by atoms with Gasteiger partial charge in [0.05, 0.1) is 28.7 Å². The van der Waals surface area contributed by atoms with Crippen molar-refractivity contribution in [2.75, 3.05) is 14.2 Å².